The fraction of sp³-hybridized carbons (Fsp3) is 0.621. The van der Waals surface area contributed by atoms with Crippen LogP contribution in [0.2, 0.25) is 0 Å². The highest BCUT2D eigenvalue weighted by Crippen LogP contribution is 2.41. The van der Waals surface area contributed by atoms with Crippen molar-refractivity contribution >= 4 is 9.84 Å². The fourth-order valence-electron chi connectivity index (χ4n) is 5.45. The number of aliphatic hydroxyl groups is 1. The second-order valence-electron chi connectivity index (χ2n) is 12.9. The van der Waals surface area contributed by atoms with Gasteiger partial charge in [0.2, 0.25) is 0 Å². The average molecular weight is 515 g/mol. The Bertz CT molecular complexity index is 1160. The molecule has 2 aromatic rings. The molecule has 1 saturated heterocycles. The van der Waals surface area contributed by atoms with Crippen molar-refractivity contribution in [3.8, 4) is 17.0 Å². The van der Waals surface area contributed by atoms with Crippen molar-refractivity contribution in [1.82, 2.24) is 9.88 Å². The van der Waals surface area contributed by atoms with Crippen molar-refractivity contribution in [3.63, 3.8) is 0 Å². The van der Waals surface area contributed by atoms with E-state index in [-0.39, 0.29) is 23.7 Å². The first-order valence-corrected chi connectivity index (χ1v) is 14.9. The minimum atomic E-state index is -3.34. The number of hydrogen-bond donors (Lipinski definition) is 1. The molecule has 4 rings (SSSR count). The summed E-state index contributed by atoms with van der Waals surface area (Å²) in [5, 5.41) is 9.40. The van der Waals surface area contributed by atoms with E-state index in [1.165, 1.54) is 5.56 Å². The summed E-state index contributed by atoms with van der Waals surface area (Å²) in [6, 6.07) is 10.0. The summed E-state index contributed by atoms with van der Waals surface area (Å²) in [5.41, 5.74) is 3.34. The number of rotatable bonds is 7. The van der Waals surface area contributed by atoms with E-state index in [1.807, 2.05) is 12.1 Å². The molecule has 6 nitrogen and oxygen atoms in total. The molecule has 1 aromatic heterocycles. The predicted octanol–water partition coefficient (Wildman–Crippen LogP) is 4.89. The van der Waals surface area contributed by atoms with Gasteiger partial charge in [0.05, 0.1) is 17.2 Å². The molecule has 1 spiro atoms. The standard InChI is InChI=1S/C29H42N2O4S/c1-27(2,3)19-31-14-12-29(13-15-31)11-10-24-16-23(7-9-26(24)35-29)25-8-6-22(17-30-25)18-36(33,34)21-28(4,5)20-32/h6-9,16-17,32H,10-15,18-21H2,1-5H3. The van der Waals surface area contributed by atoms with Crippen LogP contribution in [0.1, 0.15) is 65.0 Å². The topological polar surface area (TPSA) is 79.7 Å². The van der Waals surface area contributed by atoms with E-state index in [4.69, 9.17) is 4.74 Å². The van der Waals surface area contributed by atoms with Crippen LogP contribution in [-0.2, 0) is 22.0 Å². The average Bonchev–Trinajstić information content (AvgIpc) is 2.79. The van der Waals surface area contributed by atoms with Gasteiger partial charge in [0.15, 0.2) is 9.84 Å². The maximum absolute atomic E-state index is 12.5. The second-order valence-corrected chi connectivity index (χ2v) is 14.9. The summed E-state index contributed by atoms with van der Waals surface area (Å²) < 4.78 is 31.7. The molecule has 0 atom stereocenters. The number of piperidine rings is 1. The number of sulfone groups is 1. The molecule has 0 radical (unpaired) electrons. The number of likely N-dealkylation sites (tertiary alicyclic amines) is 1. The molecule has 0 saturated carbocycles. The van der Waals surface area contributed by atoms with Gasteiger partial charge in [0, 0.05) is 43.4 Å². The van der Waals surface area contributed by atoms with Crippen molar-refractivity contribution < 1.29 is 18.3 Å². The number of nitrogens with zero attached hydrogens (tertiary/aromatic N) is 2. The van der Waals surface area contributed by atoms with Crippen LogP contribution < -0.4 is 4.74 Å². The van der Waals surface area contributed by atoms with E-state index in [9.17, 15) is 13.5 Å². The summed E-state index contributed by atoms with van der Waals surface area (Å²) in [6.07, 6.45) is 5.84. The number of benzene rings is 1. The number of fused-ring (bicyclic) bond motifs is 1. The van der Waals surface area contributed by atoms with Crippen LogP contribution in [0.25, 0.3) is 11.3 Å². The van der Waals surface area contributed by atoms with Gasteiger partial charge < -0.3 is 14.7 Å². The summed E-state index contributed by atoms with van der Waals surface area (Å²) in [4.78, 5) is 7.13. The maximum Gasteiger partial charge on any atom is 0.155 e. The van der Waals surface area contributed by atoms with E-state index >= 15 is 0 Å². The van der Waals surface area contributed by atoms with Crippen molar-refractivity contribution in [1.29, 1.82) is 0 Å². The number of pyridine rings is 1. The van der Waals surface area contributed by atoms with Gasteiger partial charge in [-0.3, -0.25) is 4.98 Å². The number of aromatic nitrogens is 1. The zero-order valence-electron chi connectivity index (χ0n) is 22.5. The molecule has 7 heteroatoms. The van der Waals surface area contributed by atoms with Crippen molar-refractivity contribution in [3.05, 3.63) is 47.7 Å². The SMILES string of the molecule is CC(C)(C)CN1CCC2(CCc3cc(-c4ccc(CS(=O)(=O)CC(C)(C)CO)cn4)ccc3O2)CC1. The Morgan fingerprint density at radius 2 is 1.78 bits per heavy atom. The van der Waals surface area contributed by atoms with Crippen LogP contribution in [0.15, 0.2) is 36.5 Å². The molecular weight excluding hydrogens is 472 g/mol. The Morgan fingerprint density at radius 1 is 1.06 bits per heavy atom. The predicted molar refractivity (Wildman–Crippen MR) is 145 cm³/mol. The third-order valence-corrected chi connectivity index (χ3v) is 9.24. The Balaban J connectivity index is 1.40. The molecule has 0 amide bonds. The van der Waals surface area contributed by atoms with E-state index in [0.29, 0.717) is 11.0 Å². The summed E-state index contributed by atoms with van der Waals surface area (Å²) in [7, 11) is -3.34. The zero-order valence-corrected chi connectivity index (χ0v) is 23.3. The van der Waals surface area contributed by atoms with Gasteiger partial charge in [0.25, 0.3) is 0 Å². The van der Waals surface area contributed by atoms with E-state index in [0.717, 1.165) is 62.3 Å². The second kappa shape index (κ2) is 10.1. The molecule has 2 aliphatic rings. The summed E-state index contributed by atoms with van der Waals surface area (Å²) >= 11 is 0. The van der Waals surface area contributed by atoms with Crippen LogP contribution in [0, 0.1) is 10.8 Å². The van der Waals surface area contributed by atoms with Gasteiger partial charge in [-0.25, -0.2) is 8.42 Å². The lowest BCUT2D eigenvalue weighted by atomic mass is 9.82. The lowest BCUT2D eigenvalue weighted by Crippen LogP contribution is -2.51. The summed E-state index contributed by atoms with van der Waals surface area (Å²) in [5.74, 6) is 0.861. The highest BCUT2D eigenvalue weighted by Gasteiger charge is 2.40. The number of aryl methyl sites for hydroxylation is 1. The number of aliphatic hydroxyl groups excluding tert-OH is 1. The number of ether oxygens (including phenoxy) is 1. The fourth-order valence-corrected chi connectivity index (χ4v) is 7.51. The lowest BCUT2D eigenvalue weighted by molar-refractivity contribution is -0.0206. The minimum Gasteiger partial charge on any atom is -0.487 e. The Kier molecular flexibility index (Phi) is 7.58. The molecule has 0 unspecified atom stereocenters. The Hall–Kier alpha value is -1.96. The summed E-state index contributed by atoms with van der Waals surface area (Å²) in [6.45, 7) is 13.5. The van der Waals surface area contributed by atoms with Gasteiger partial charge in [-0.15, -0.1) is 0 Å². The molecule has 198 valence electrons. The quantitative estimate of drug-likeness (QED) is 0.567. The van der Waals surface area contributed by atoms with Crippen LogP contribution in [-0.4, -0.2) is 61.0 Å². The maximum atomic E-state index is 12.5. The Morgan fingerprint density at radius 3 is 2.39 bits per heavy atom. The van der Waals surface area contributed by atoms with Crippen LogP contribution in [0.3, 0.4) is 0 Å². The highest BCUT2D eigenvalue weighted by atomic mass is 32.2. The largest absolute Gasteiger partial charge is 0.487 e. The highest BCUT2D eigenvalue weighted by molar-refractivity contribution is 7.90. The first-order valence-electron chi connectivity index (χ1n) is 13.1. The van der Waals surface area contributed by atoms with Crippen LogP contribution in [0.4, 0.5) is 0 Å². The van der Waals surface area contributed by atoms with Crippen molar-refractivity contribution in [2.75, 3.05) is 32.0 Å². The monoisotopic (exact) mass is 514 g/mol. The molecule has 1 aromatic carbocycles. The Labute approximate surface area is 217 Å². The lowest BCUT2D eigenvalue weighted by Gasteiger charge is -2.45. The van der Waals surface area contributed by atoms with Gasteiger partial charge in [0.1, 0.15) is 11.4 Å². The third kappa shape index (κ3) is 6.87. The van der Waals surface area contributed by atoms with Crippen molar-refractivity contribution in [2.24, 2.45) is 10.8 Å². The van der Waals surface area contributed by atoms with Crippen molar-refractivity contribution in [2.45, 2.75) is 71.7 Å². The van der Waals surface area contributed by atoms with Gasteiger partial charge in [-0.05, 0) is 66.5 Å². The van der Waals surface area contributed by atoms with Gasteiger partial charge in [-0.2, -0.15) is 0 Å². The molecule has 36 heavy (non-hydrogen) atoms. The van der Waals surface area contributed by atoms with E-state index in [1.54, 1.807) is 20.0 Å². The van der Waals surface area contributed by atoms with Gasteiger partial charge in [-0.1, -0.05) is 40.7 Å². The molecule has 0 bridgehead atoms. The first-order chi connectivity index (χ1) is 16.8. The van der Waals surface area contributed by atoms with Crippen LogP contribution >= 0.6 is 0 Å². The minimum absolute atomic E-state index is 0.0428. The first kappa shape index (κ1) is 27.1. The molecule has 1 fully saturated rings. The van der Waals surface area contributed by atoms with Crippen LogP contribution in [0.5, 0.6) is 5.75 Å². The van der Waals surface area contributed by atoms with Gasteiger partial charge >= 0.3 is 0 Å². The molecule has 1 N–H and O–H groups in total. The van der Waals surface area contributed by atoms with E-state index < -0.39 is 15.3 Å². The number of hydrogen-bond acceptors (Lipinski definition) is 6. The van der Waals surface area contributed by atoms with E-state index in [2.05, 4.69) is 48.9 Å². The zero-order chi connectivity index (χ0) is 26.2. The molecular formula is C29H42N2O4S. The molecule has 2 aliphatic heterocycles. The molecule has 0 aliphatic carbocycles. The molecule has 3 heterocycles. The normalized spacial score (nSPS) is 18.6. The smallest absolute Gasteiger partial charge is 0.155 e. The third-order valence-electron chi connectivity index (χ3n) is 7.25.